The summed E-state index contributed by atoms with van der Waals surface area (Å²) in [7, 11) is 1.74. The van der Waals surface area contributed by atoms with Gasteiger partial charge in [0.05, 0.1) is 5.92 Å². The van der Waals surface area contributed by atoms with E-state index in [2.05, 4.69) is 0 Å². The fraction of sp³-hybridized carbons (Fsp3) is 0.769. The molecule has 2 unspecified atom stereocenters. The predicted molar refractivity (Wildman–Crippen MR) is 67.3 cm³/mol. The van der Waals surface area contributed by atoms with Gasteiger partial charge in [-0.1, -0.05) is 0 Å². The highest BCUT2D eigenvalue weighted by molar-refractivity contribution is 5.87. The largest absolute Gasteiger partial charge is 0.481 e. The minimum absolute atomic E-state index is 0.00334. The number of rotatable bonds is 2. The lowest BCUT2D eigenvalue weighted by molar-refractivity contribution is -0.149. The van der Waals surface area contributed by atoms with Crippen LogP contribution in [0, 0.1) is 11.8 Å². The van der Waals surface area contributed by atoms with E-state index >= 15 is 0 Å². The van der Waals surface area contributed by atoms with Gasteiger partial charge in [0, 0.05) is 39.0 Å². The van der Waals surface area contributed by atoms with Crippen LogP contribution in [0.5, 0.6) is 0 Å². The molecule has 0 saturated carbocycles. The molecule has 2 fully saturated rings. The van der Waals surface area contributed by atoms with E-state index in [0.717, 1.165) is 6.42 Å². The molecule has 106 valence electrons. The molecule has 1 N–H and O–H groups in total. The van der Waals surface area contributed by atoms with Crippen LogP contribution in [0.15, 0.2) is 0 Å². The lowest BCUT2D eigenvalue weighted by atomic mass is 9.92. The smallest absolute Gasteiger partial charge is 0.308 e. The third-order valence-corrected chi connectivity index (χ3v) is 4.09. The zero-order valence-corrected chi connectivity index (χ0v) is 11.2. The predicted octanol–water partition coefficient (Wildman–Crippen LogP) is 0.178. The Kier molecular flexibility index (Phi) is 4.07. The maximum Gasteiger partial charge on any atom is 0.308 e. The zero-order chi connectivity index (χ0) is 14.0. The molecule has 0 bridgehead atoms. The number of piperidine rings is 2. The van der Waals surface area contributed by atoms with Gasteiger partial charge in [0.25, 0.3) is 0 Å². The molecule has 0 spiro atoms. The second-order valence-corrected chi connectivity index (χ2v) is 5.47. The van der Waals surface area contributed by atoms with Crippen molar-refractivity contribution in [3.8, 4) is 0 Å². The van der Waals surface area contributed by atoms with Gasteiger partial charge in [0.1, 0.15) is 0 Å². The van der Waals surface area contributed by atoms with E-state index in [1.54, 1.807) is 16.8 Å². The number of nitrogens with zero attached hydrogens (tertiary/aromatic N) is 2. The maximum absolute atomic E-state index is 12.3. The molecule has 6 heteroatoms. The summed E-state index contributed by atoms with van der Waals surface area (Å²) >= 11 is 0. The molecule has 0 aliphatic carbocycles. The molecule has 2 atom stereocenters. The van der Waals surface area contributed by atoms with Crippen LogP contribution in [-0.2, 0) is 14.4 Å². The van der Waals surface area contributed by atoms with Crippen molar-refractivity contribution in [1.82, 2.24) is 9.80 Å². The molecule has 2 aliphatic heterocycles. The molecule has 0 aromatic heterocycles. The van der Waals surface area contributed by atoms with Gasteiger partial charge in [-0.3, -0.25) is 14.4 Å². The van der Waals surface area contributed by atoms with Crippen LogP contribution in [0.1, 0.15) is 25.7 Å². The average Bonchev–Trinajstić information content (AvgIpc) is 2.41. The van der Waals surface area contributed by atoms with E-state index < -0.39 is 11.9 Å². The van der Waals surface area contributed by atoms with Gasteiger partial charge < -0.3 is 14.9 Å². The van der Waals surface area contributed by atoms with Crippen LogP contribution in [0.3, 0.4) is 0 Å². The first-order valence-electron chi connectivity index (χ1n) is 6.74. The van der Waals surface area contributed by atoms with Crippen molar-refractivity contribution < 1.29 is 19.5 Å². The first-order chi connectivity index (χ1) is 8.99. The van der Waals surface area contributed by atoms with E-state index in [-0.39, 0.29) is 30.7 Å². The summed E-state index contributed by atoms with van der Waals surface area (Å²) in [6.07, 6.45) is 2.29. The van der Waals surface area contributed by atoms with Crippen LogP contribution in [0.25, 0.3) is 0 Å². The fourth-order valence-corrected chi connectivity index (χ4v) is 2.79. The van der Waals surface area contributed by atoms with Gasteiger partial charge >= 0.3 is 5.97 Å². The Morgan fingerprint density at radius 1 is 1.21 bits per heavy atom. The van der Waals surface area contributed by atoms with Gasteiger partial charge in [0.2, 0.25) is 11.8 Å². The number of likely N-dealkylation sites (tertiary alicyclic amines) is 2. The van der Waals surface area contributed by atoms with E-state index in [1.807, 2.05) is 0 Å². The number of amides is 2. The first-order valence-corrected chi connectivity index (χ1v) is 6.74. The molecular formula is C13H20N2O4. The molecule has 0 radical (unpaired) electrons. The highest BCUT2D eigenvalue weighted by Gasteiger charge is 2.34. The summed E-state index contributed by atoms with van der Waals surface area (Å²) in [4.78, 5) is 38.2. The highest BCUT2D eigenvalue weighted by atomic mass is 16.4. The van der Waals surface area contributed by atoms with Crippen molar-refractivity contribution >= 4 is 17.8 Å². The van der Waals surface area contributed by atoms with Crippen molar-refractivity contribution in [3.63, 3.8) is 0 Å². The van der Waals surface area contributed by atoms with Crippen molar-refractivity contribution in [2.45, 2.75) is 25.7 Å². The average molecular weight is 268 g/mol. The van der Waals surface area contributed by atoms with Gasteiger partial charge in [-0.05, 0) is 19.3 Å². The topological polar surface area (TPSA) is 77.9 Å². The van der Waals surface area contributed by atoms with Crippen molar-refractivity contribution in [3.05, 3.63) is 0 Å². The monoisotopic (exact) mass is 268 g/mol. The summed E-state index contributed by atoms with van der Waals surface area (Å²) in [5.74, 6) is -1.61. The third kappa shape index (κ3) is 3.05. The Morgan fingerprint density at radius 2 is 1.95 bits per heavy atom. The molecule has 2 saturated heterocycles. The molecule has 2 heterocycles. The molecular weight excluding hydrogens is 248 g/mol. The normalized spacial score (nSPS) is 28.4. The number of hydrogen-bond donors (Lipinski definition) is 1. The van der Waals surface area contributed by atoms with Gasteiger partial charge in [-0.2, -0.15) is 0 Å². The SMILES string of the molecule is CN1CCC(C(=O)N2CCCC(C(=O)O)C2)CC1=O. The molecule has 0 aromatic rings. The number of carboxylic acids is 1. The molecule has 0 aromatic carbocycles. The van der Waals surface area contributed by atoms with E-state index in [9.17, 15) is 14.4 Å². The van der Waals surface area contributed by atoms with Crippen LogP contribution < -0.4 is 0 Å². The number of aliphatic carboxylic acids is 1. The van der Waals surface area contributed by atoms with Crippen LogP contribution >= 0.6 is 0 Å². The van der Waals surface area contributed by atoms with Gasteiger partial charge in [0.15, 0.2) is 0 Å². The van der Waals surface area contributed by atoms with Gasteiger partial charge in [-0.15, -0.1) is 0 Å². The number of carbonyl (C=O) groups is 3. The van der Waals surface area contributed by atoms with E-state index in [0.29, 0.717) is 25.9 Å². The zero-order valence-electron chi connectivity index (χ0n) is 11.2. The second kappa shape index (κ2) is 5.59. The Bertz CT molecular complexity index is 396. The van der Waals surface area contributed by atoms with Gasteiger partial charge in [-0.25, -0.2) is 0 Å². The number of carboxylic acid groups (broad SMARTS) is 1. The Hall–Kier alpha value is -1.59. The lowest BCUT2D eigenvalue weighted by Crippen LogP contribution is -2.48. The maximum atomic E-state index is 12.3. The standard InChI is InChI=1S/C13H20N2O4/c1-14-6-4-9(7-11(14)16)12(17)15-5-2-3-10(8-15)13(18)19/h9-10H,2-8H2,1H3,(H,18,19). The first kappa shape index (κ1) is 13.8. The highest BCUT2D eigenvalue weighted by Crippen LogP contribution is 2.23. The summed E-state index contributed by atoms with van der Waals surface area (Å²) in [5.41, 5.74) is 0. The molecule has 6 nitrogen and oxygen atoms in total. The third-order valence-electron chi connectivity index (χ3n) is 4.09. The molecule has 2 aliphatic rings. The Labute approximate surface area is 112 Å². The minimum atomic E-state index is -0.836. The Balaban J connectivity index is 1.96. The summed E-state index contributed by atoms with van der Waals surface area (Å²) < 4.78 is 0. The number of hydrogen-bond acceptors (Lipinski definition) is 3. The minimum Gasteiger partial charge on any atom is -0.481 e. The van der Waals surface area contributed by atoms with Crippen molar-refractivity contribution in [1.29, 1.82) is 0 Å². The van der Waals surface area contributed by atoms with Crippen molar-refractivity contribution in [2.24, 2.45) is 11.8 Å². The summed E-state index contributed by atoms with van der Waals surface area (Å²) in [6, 6.07) is 0. The summed E-state index contributed by atoms with van der Waals surface area (Å²) in [6.45, 7) is 1.50. The summed E-state index contributed by atoms with van der Waals surface area (Å²) in [5, 5.41) is 9.03. The lowest BCUT2D eigenvalue weighted by Gasteiger charge is -2.35. The van der Waals surface area contributed by atoms with Crippen LogP contribution in [-0.4, -0.2) is 59.4 Å². The second-order valence-electron chi connectivity index (χ2n) is 5.47. The van der Waals surface area contributed by atoms with E-state index in [1.165, 1.54) is 0 Å². The fourth-order valence-electron chi connectivity index (χ4n) is 2.79. The molecule has 2 amide bonds. The van der Waals surface area contributed by atoms with Crippen molar-refractivity contribution in [2.75, 3.05) is 26.7 Å². The Morgan fingerprint density at radius 3 is 2.58 bits per heavy atom. The van der Waals surface area contributed by atoms with Crippen LogP contribution in [0.4, 0.5) is 0 Å². The quantitative estimate of drug-likeness (QED) is 0.775. The molecule has 2 rings (SSSR count). The number of carbonyl (C=O) groups excluding carboxylic acids is 2. The van der Waals surface area contributed by atoms with Crippen LogP contribution in [0.2, 0.25) is 0 Å². The molecule has 19 heavy (non-hydrogen) atoms. The van der Waals surface area contributed by atoms with E-state index in [4.69, 9.17) is 5.11 Å².